The highest BCUT2D eigenvalue weighted by atomic mass is 16.5. The van der Waals surface area contributed by atoms with Crippen molar-refractivity contribution in [1.29, 1.82) is 0 Å². The Labute approximate surface area is 119 Å². The Balaban J connectivity index is 1.71. The lowest BCUT2D eigenvalue weighted by Crippen LogP contribution is -2.53. The maximum atomic E-state index is 12.1. The number of carboxylic acid groups (broad SMARTS) is 1. The number of hydrogen-bond donors (Lipinski definition) is 2. The first kappa shape index (κ1) is 15.1. The van der Waals surface area contributed by atoms with Crippen LogP contribution in [0.25, 0.3) is 0 Å². The monoisotopic (exact) mass is 284 g/mol. The first-order chi connectivity index (χ1) is 9.58. The number of methoxy groups -OCH3 is 1. The van der Waals surface area contributed by atoms with Crippen LogP contribution in [0, 0.1) is 5.92 Å². The van der Waals surface area contributed by atoms with Crippen molar-refractivity contribution < 1.29 is 19.4 Å². The fraction of sp³-hybridized carbons (Fsp3) is 0.857. The number of carbonyl (C=O) groups excluding carboxylic acids is 1. The first-order valence-corrected chi connectivity index (χ1v) is 7.38. The Hall–Kier alpha value is -1.30. The van der Waals surface area contributed by atoms with E-state index in [0.717, 1.165) is 32.2 Å². The molecule has 1 unspecified atom stereocenters. The highest BCUT2D eigenvalue weighted by Gasteiger charge is 2.32. The van der Waals surface area contributed by atoms with E-state index in [0.29, 0.717) is 18.9 Å². The smallest absolute Gasteiger partial charge is 0.317 e. The Morgan fingerprint density at radius 1 is 1.40 bits per heavy atom. The first-order valence-electron chi connectivity index (χ1n) is 7.38. The number of amides is 2. The van der Waals surface area contributed by atoms with Crippen LogP contribution in [-0.2, 0) is 9.53 Å². The van der Waals surface area contributed by atoms with Gasteiger partial charge in [0.15, 0.2) is 0 Å². The van der Waals surface area contributed by atoms with Crippen LogP contribution in [0.4, 0.5) is 4.79 Å². The van der Waals surface area contributed by atoms with E-state index in [1.54, 1.807) is 7.11 Å². The molecule has 2 aliphatic rings. The van der Waals surface area contributed by atoms with Gasteiger partial charge in [-0.1, -0.05) is 0 Å². The predicted octanol–water partition coefficient (Wildman–Crippen LogP) is 1.45. The zero-order valence-corrected chi connectivity index (χ0v) is 12.0. The summed E-state index contributed by atoms with van der Waals surface area (Å²) in [5.74, 6) is -0.439. The van der Waals surface area contributed by atoms with Crippen LogP contribution < -0.4 is 5.32 Å². The number of carboxylic acids is 1. The Morgan fingerprint density at radius 3 is 2.80 bits per heavy atom. The molecule has 0 aromatic carbocycles. The van der Waals surface area contributed by atoms with E-state index in [4.69, 9.17) is 9.84 Å². The molecule has 1 saturated carbocycles. The summed E-state index contributed by atoms with van der Waals surface area (Å²) in [7, 11) is 1.69. The van der Waals surface area contributed by atoms with Crippen molar-refractivity contribution in [1.82, 2.24) is 10.2 Å². The standard InChI is InChI=1S/C14H24N2O4/c1-20-12-7-11(8-12)15-14(19)16-6-2-3-10(9-16)4-5-13(17)18/h10-12H,2-9H2,1H3,(H,15,19)(H,17,18). The lowest BCUT2D eigenvalue weighted by atomic mass is 9.89. The summed E-state index contributed by atoms with van der Waals surface area (Å²) in [4.78, 5) is 24.6. The molecule has 1 aliphatic carbocycles. The third-order valence-corrected chi connectivity index (χ3v) is 4.33. The van der Waals surface area contributed by atoms with E-state index in [2.05, 4.69) is 5.32 Å². The molecule has 0 aromatic heterocycles. The lowest BCUT2D eigenvalue weighted by Gasteiger charge is -2.38. The van der Waals surface area contributed by atoms with E-state index >= 15 is 0 Å². The second-order valence-corrected chi connectivity index (χ2v) is 5.86. The van der Waals surface area contributed by atoms with Gasteiger partial charge in [0, 0.05) is 32.7 Å². The van der Waals surface area contributed by atoms with Gasteiger partial charge in [0.1, 0.15) is 0 Å². The van der Waals surface area contributed by atoms with Crippen LogP contribution in [0.3, 0.4) is 0 Å². The van der Waals surface area contributed by atoms with Gasteiger partial charge in [-0.2, -0.15) is 0 Å². The van der Waals surface area contributed by atoms with Crippen molar-refractivity contribution in [2.24, 2.45) is 5.92 Å². The number of hydrogen-bond acceptors (Lipinski definition) is 3. The zero-order chi connectivity index (χ0) is 14.5. The number of rotatable bonds is 5. The minimum Gasteiger partial charge on any atom is -0.481 e. The summed E-state index contributed by atoms with van der Waals surface area (Å²) in [6, 6.07) is 0.219. The molecule has 2 N–H and O–H groups in total. The Bertz CT molecular complexity index is 355. The average molecular weight is 284 g/mol. The third kappa shape index (κ3) is 4.10. The van der Waals surface area contributed by atoms with Crippen LogP contribution in [0.15, 0.2) is 0 Å². The van der Waals surface area contributed by atoms with Gasteiger partial charge in [0.05, 0.1) is 6.10 Å². The number of ether oxygens (including phenoxy) is 1. The number of nitrogens with zero attached hydrogens (tertiary/aromatic N) is 1. The highest BCUT2D eigenvalue weighted by molar-refractivity contribution is 5.74. The number of piperidine rings is 1. The molecule has 2 fully saturated rings. The summed E-state index contributed by atoms with van der Waals surface area (Å²) in [6.07, 6.45) is 4.89. The van der Waals surface area contributed by atoms with Crippen molar-refractivity contribution in [2.45, 2.75) is 50.7 Å². The molecule has 1 aliphatic heterocycles. The number of carbonyl (C=O) groups is 2. The summed E-state index contributed by atoms with van der Waals surface area (Å²) >= 11 is 0. The second-order valence-electron chi connectivity index (χ2n) is 5.86. The topological polar surface area (TPSA) is 78.9 Å². The number of urea groups is 1. The van der Waals surface area contributed by atoms with Crippen LogP contribution in [0.5, 0.6) is 0 Å². The number of likely N-dealkylation sites (tertiary alicyclic amines) is 1. The predicted molar refractivity (Wildman–Crippen MR) is 73.5 cm³/mol. The van der Waals surface area contributed by atoms with Crippen LogP contribution >= 0.6 is 0 Å². The maximum Gasteiger partial charge on any atom is 0.317 e. The summed E-state index contributed by atoms with van der Waals surface area (Å²) in [5.41, 5.74) is 0. The van der Waals surface area contributed by atoms with Gasteiger partial charge in [-0.3, -0.25) is 4.79 Å². The third-order valence-electron chi connectivity index (χ3n) is 4.33. The lowest BCUT2D eigenvalue weighted by molar-refractivity contribution is -0.137. The summed E-state index contributed by atoms with van der Waals surface area (Å²) in [6.45, 7) is 1.45. The van der Waals surface area contributed by atoms with Gasteiger partial charge in [0.25, 0.3) is 0 Å². The van der Waals surface area contributed by atoms with Gasteiger partial charge in [0.2, 0.25) is 0 Å². The van der Waals surface area contributed by atoms with Gasteiger partial charge < -0.3 is 20.1 Å². The highest BCUT2D eigenvalue weighted by Crippen LogP contribution is 2.24. The molecule has 1 heterocycles. The van der Waals surface area contributed by atoms with E-state index in [1.165, 1.54) is 0 Å². The largest absolute Gasteiger partial charge is 0.481 e. The van der Waals surface area contributed by atoms with Crippen molar-refractivity contribution in [2.75, 3.05) is 20.2 Å². The molecule has 6 heteroatoms. The molecular weight excluding hydrogens is 260 g/mol. The molecule has 20 heavy (non-hydrogen) atoms. The van der Waals surface area contributed by atoms with Crippen molar-refractivity contribution >= 4 is 12.0 Å². The fourth-order valence-electron chi connectivity index (χ4n) is 2.95. The molecule has 0 radical (unpaired) electrons. The molecule has 6 nitrogen and oxygen atoms in total. The molecular formula is C14H24N2O4. The molecule has 114 valence electrons. The molecule has 1 atom stereocenters. The zero-order valence-electron chi connectivity index (χ0n) is 12.0. The van der Waals surface area contributed by atoms with Gasteiger partial charge in [-0.25, -0.2) is 4.79 Å². The van der Waals surface area contributed by atoms with Crippen molar-refractivity contribution in [3.63, 3.8) is 0 Å². The Kier molecular flexibility index (Phi) is 5.23. The average Bonchev–Trinajstić information content (AvgIpc) is 2.40. The van der Waals surface area contributed by atoms with Crippen molar-refractivity contribution in [3.8, 4) is 0 Å². The number of nitrogens with one attached hydrogen (secondary N) is 1. The van der Waals surface area contributed by atoms with Gasteiger partial charge >= 0.3 is 12.0 Å². The molecule has 1 saturated heterocycles. The van der Waals surface area contributed by atoms with Crippen molar-refractivity contribution in [3.05, 3.63) is 0 Å². The van der Waals surface area contributed by atoms with Gasteiger partial charge in [-0.05, 0) is 38.0 Å². The molecule has 0 bridgehead atoms. The van der Waals surface area contributed by atoms with E-state index in [9.17, 15) is 9.59 Å². The van der Waals surface area contributed by atoms with Crippen LogP contribution in [0.2, 0.25) is 0 Å². The van der Waals surface area contributed by atoms with Gasteiger partial charge in [-0.15, -0.1) is 0 Å². The Morgan fingerprint density at radius 2 is 2.15 bits per heavy atom. The molecule has 2 amide bonds. The minimum atomic E-state index is -0.758. The number of aliphatic carboxylic acids is 1. The summed E-state index contributed by atoms with van der Waals surface area (Å²) in [5, 5.41) is 11.7. The maximum absolute atomic E-state index is 12.1. The normalized spacial score (nSPS) is 29.6. The van der Waals surface area contributed by atoms with E-state index in [-0.39, 0.29) is 24.6 Å². The quantitative estimate of drug-likeness (QED) is 0.801. The van der Waals surface area contributed by atoms with Crippen LogP contribution in [-0.4, -0.2) is 54.4 Å². The second kappa shape index (κ2) is 6.92. The molecule has 0 spiro atoms. The van der Waals surface area contributed by atoms with E-state index in [1.807, 2.05) is 4.90 Å². The molecule has 2 rings (SSSR count). The SMILES string of the molecule is COC1CC(NC(=O)N2CCCC(CCC(=O)O)C2)C1. The van der Waals surface area contributed by atoms with E-state index < -0.39 is 5.97 Å². The molecule has 0 aromatic rings. The fourth-order valence-corrected chi connectivity index (χ4v) is 2.95. The minimum absolute atomic E-state index is 0.00965. The summed E-state index contributed by atoms with van der Waals surface area (Å²) < 4.78 is 5.19. The van der Waals surface area contributed by atoms with Crippen LogP contribution in [0.1, 0.15) is 38.5 Å².